The van der Waals surface area contributed by atoms with Crippen LogP contribution in [0, 0.1) is 0 Å². The maximum Gasteiger partial charge on any atom is 0.164 e. The molecule has 3 aromatic heterocycles. The lowest BCUT2D eigenvalue weighted by atomic mass is 10.2. The van der Waals surface area contributed by atoms with Gasteiger partial charge < -0.3 is 19.3 Å². The number of halogens is 1. The van der Waals surface area contributed by atoms with Crippen LogP contribution in [-0.2, 0) is 22.9 Å². The molecule has 4 heterocycles. The van der Waals surface area contributed by atoms with E-state index in [2.05, 4.69) is 101 Å². The van der Waals surface area contributed by atoms with Gasteiger partial charge in [0, 0.05) is 71.9 Å². The Hall–Kier alpha value is -2.10. The number of rotatable bonds is 12. The third kappa shape index (κ3) is 7.70. The summed E-state index contributed by atoms with van der Waals surface area (Å²) in [5.74, 6) is 0.791. The fraction of sp³-hybridized carbons (Fsp3) is 0.567. The van der Waals surface area contributed by atoms with Crippen molar-refractivity contribution in [2.45, 2.75) is 64.8 Å². The fourth-order valence-corrected chi connectivity index (χ4v) is 6.89. The molecule has 1 fully saturated rings. The molecule has 0 unspecified atom stereocenters. The van der Waals surface area contributed by atoms with Crippen LogP contribution in [0.25, 0.3) is 33.6 Å². The average molecular weight is 673 g/mol. The van der Waals surface area contributed by atoms with E-state index < -0.39 is 16.1 Å². The third-order valence-electron chi connectivity index (χ3n) is 7.79. The van der Waals surface area contributed by atoms with E-state index in [1.165, 1.54) is 5.69 Å². The zero-order valence-electron chi connectivity index (χ0n) is 26.3. The van der Waals surface area contributed by atoms with Gasteiger partial charge in [0.25, 0.3) is 0 Å². The first-order valence-corrected chi connectivity index (χ1v) is 23.2. The molecular formula is C30H46BrN7O2Si2. The Morgan fingerprint density at radius 2 is 1.55 bits per heavy atom. The van der Waals surface area contributed by atoms with Gasteiger partial charge in [-0.25, -0.2) is 14.6 Å². The van der Waals surface area contributed by atoms with E-state index in [-0.39, 0.29) is 0 Å². The number of fused-ring (bicyclic) bond motifs is 2. The predicted octanol–water partition coefficient (Wildman–Crippen LogP) is 6.59. The summed E-state index contributed by atoms with van der Waals surface area (Å²) in [5, 5.41) is 5.99. The van der Waals surface area contributed by atoms with Crippen molar-refractivity contribution in [3.63, 3.8) is 0 Å². The Morgan fingerprint density at radius 3 is 2.21 bits per heavy atom. The Balaban J connectivity index is 1.52. The first-order valence-electron chi connectivity index (χ1n) is 15.0. The molecule has 42 heavy (non-hydrogen) atoms. The molecule has 0 atom stereocenters. The molecule has 228 valence electrons. The molecule has 0 N–H and O–H groups in total. The van der Waals surface area contributed by atoms with Gasteiger partial charge in [-0.1, -0.05) is 39.3 Å². The number of hydrogen-bond acceptors (Lipinski definition) is 7. The first kappa shape index (κ1) is 31.3. The molecule has 0 aliphatic carbocycles. The van der Waals surface area contributed by atoms with Crippen LogP contribution in [-0.4, -0.2) is 91.8 Å². The van der Waals surface area contributed by atoms with Gasteiger partial charge in [-0.3, -0.25) is 4.57 Å². The van der Waals surface area contributed by atoms with Gasteiger partial charge >= 0.3 is 0 Å². The summed E-state index contributed by atoms with van der Waals surface area (Å²) in [6.45, 7) is 20.6. The van der Waals surface area contributed by atoms with Gasteiger partial charge in [0.05, 0.1) is 16.4 Å². The van der Waals surface area contributed by atoms with Crippen molar-refractivity contribution in [2.75, 3.05) is 51.3 Å². The summed E-state index contributed by atoms with van der Waals surface area (Å²) in [7, 11) is -0.210. The van der Waals surface area contributed by atoms with Crippen LogP contribution >= 0.6 is 15.9 Å². The van der Waals surface area contributed by atoms with Gasteiger partial charge in [0.1, 0.15) is 19.2 Å². The molecule has 4 aromatic rings. The number of aromatic nitrogens is 5. The summed E-state index contributed by atoms with van der Waals surface area (Å²) in [5.41, 5.74) is 4.79. The lowest BCUT2D eigenvalue weighted by Crippen LogP contribution is -2.44. The van der Waals surface area contributed by atoms with Crippen molar-refractivity contribution in [2.24, 2.45) is 0 Å². The van der Waals surface area contributed by atoms with Gasteiger partial charge in [-0.15, -0.1) is 0 Å². The van der Waals surface area contributed by atoms with Crippen LogP contribution in [0.15, 0.2) is 34.9 Å². The zero-order chi connectivity index (χ0) is 30.1. The zero-order valence-corrected chi connectivity index (χ0v) is 29.9. The number of nitrogens with zero attached hydrogens (tertiary/aromatic N) is 7. The summed E-state index contributed by atoms with van der Waals surface area (Å²) in [4.78, 5) is 14.8. The summed E-state index contributed by atoms with van der Waals surface area (Å²) in [6, 6.07) is 10.9. The fourth-order valence-electron chi connectivity index (χ4n) is 5.04. The molecule has 1 saturated heterocycles. The van der Waals surface area contributed by atoms with Crippen molar-refractivity contribution in [3.05, 3.63) is 34.9 Å². The van der Waals surface area contributed by atoms with Crippen LogP contribution in [0.5, 0.6) is 0 Å². The van der Waals surface area contributed by atoms with Crippen LogP contribution in [0.4, 0.5) is 5.69 Å². The smallest absolute Gasteiger partial charge is 0.164 e. The van der Waals surface area contributed by atoms with E-state index in [1.807, 2.05) is 10.9 Å². The highest BCUT2D eigenvalue weighted by Gasteiger charge is 2.23. The van der Waals surface area contributed by atoms with Crippen molar-refractivity contribution >= 4 is 59.8 Å². The number of pyridine rings is 1. The van der Waals surface area contributed by atoms with Gasteiger partial charge in [0.2, 0.25) is 0 Å². The molecule has 1 aliphatic heterocycles. The molecule has 5 rings (SSSR count). The van der Waals surface area contributed by atoms with Crippen LogP contribution in [0.1, 0.15) is 0 Å². The van der Waals surface area contributed by atoms with Gasteiger partial charge in [0.15, 0.2) is 11.5 Å². The van der Waals surface area contributed by atoms with Gasteiger partial charge in [-0.05, 0) is 59.3 Å². The maximum atomic E-state index is 6.30. The van der Waals surface area contributed by atoms with E-state index in [1.54, 1.807) is 0 Å². The standard InChI is InChI=1S/C30H46BrN7O2Si2/c1-35-10-12-36(13-11-35)24-8-9-27-26(19-24)33-30(37(27)21-39-14-16-41(2,3)4)28-25-18-23(31)20-32-29(25)38(34-28)22-40-15-17-42(5,6)7/h8-9,18-20H,10-17,21-22H2,1-7H3. The number of benzene rings is 1. The normalized spacial score (nSPS) is 15.4. The molecule has 0 radical (unpaired) electrons. The second kappa shape index (κ2) is 12.9. The quantitative estimate of drug-likeness (QED) is 0.124. The second-order valence-corrected chi connectivity index (χ2v) is 26.1. The SMILES string of the molecule is CN1CCN(c2ccc3c(c2)nc(-c2nn(COCC[Si](C)(C)C)c4ncc(Br)cc24)n3COCC[Si](C)(C)C)CC1. The third-order valence-corrected chi connectivity index (χ3v) is 11.6. The molecule has 1 aliphatic rings. The van der Waals surface area contributed by atoms with Gasteiger partial charge in [-0.2, -0.15) is 5.10 Å². The highest BCUT2D eigenvalue weighted by Crippen LogP contribution is 2.33. The summed E-state index contributed by atoms with van der Waals surface area (Å²) < 4.78 is 17.3. The molecule has 0 saturated carbocycles. The number of anilines is 1. The Bertz CT molecular complexity index is 1520. The number of piperazine rings is 1. The van der Waals surface area contributed by atoms with Crippen LogP contribution in [0.2, 0.25) is 51.4 Å². The average Bonchev–Trinajstić information content (AvgIpc) is 3.45. The first-order chi connectivity index (χ1) is 19.9. The lowest BCUT2D eigenvalue weighted by Gasteiger charge is -2.34. The summed E-state index contributed by atoms with van der Waals surface area (Å²) in [6.07, 6.45) is 1.82. The van der Waals surface area contributed by atoms with E-state index in [4.69, 9.17) is 24.5 Å². The number of likely N-dealkylation sites (N-methyl/N-ethyl adjacent to an activating group) is 1. The van der Waals surface area contributed by atoms with Crippen molar-refractivity contribution < 1.29 is 9.47 Å². The Labute approximate surface area is 260 Å². The van der Waals surface area contributed by atoms with E-state index in [0.717, 1.165) is 89.5 Å². The minimum atomic E-state index is -1.21. The van der Waals surface area contributed by atoms with Crippen molar-refractivity contribution in [1.29, 1.82) is 0 Å². The largest absolute Gasteiger partial charge is 0.369 e. The second-order valence-electron chi connectivity index (χ2n) is 13.9. The molecule has 1 aromatic carbocycles. The molecule has 12 heteroatoms. The van der Waals surface area contributed by atoms with Crippen LogP contribution in [0.3, 0.4) is 0 Å². The Kier molecular flexibility index (Phi) is 9.60. The highest BCUT2D eigenvalue weighted by molar-refractivity contribution is 9.10. The Morgan fingerprint density at radius 1 is 0.881 bits per heavy atom. The predicted molar refractivity (Wildman–Crippen MR) is 182 cm³/mol. The topological polar surface area (TPSA) is 73.5 Å². The minimum absolute atomic E-state index is 0.357. The van der Waals surface area contributed by atoms with Crippen molar-refractivity contribution in [1.82, 2.24) is 29.2 Å². The van der Waals surface area contributed by atoms with E-state index >= 15 is 0 Å². The number of imidazole rings is 1. The molecule has 0 amide bonds. The number of ether oxygens (including phenoxy) is 2. The molecule has 9 nitrogen and oxygen atoms in total. The van der Waals surface area contributed by atoms with Crippen LogP contribution < -0.4 is 4.90 Å². The van der Waals surface area contributed by atoms with Crippen molar-refractivity contribution in [3.8, 4) is 11.5 Å². The van der Waals surface area contributed by atoms with E-state index in [0.29, 0.717) is 13.5 Å². The maximum absolute atomic E-state index is 6.30. The monoisotopic (exact) mass is 671 g/mol. The highest BCUT2D eigenvalue weighted by atomic mass is 79.9. The molecule has 0 bridgehead atoms. The van der Waals surface area contributed by atoms with E-state index in [9.17, 15) is 0 Å². The summed E-state index contributed by atoms with van der Waals surface area (Å²) >= 11 is 3.63. The molecule has 0 spiro atoms. The molecular weight excluding hydrogens is 626 g/mol. The number of hydrogen-bond donors (Lipinski definition) is 0. The lowest BCUT2D eigenvalue weighted by molar-refractivity contribution is 0.0812. The minimum Gasteiger partial charge on any atom is -0.369 e.